The van der Waals surface area contributed by atoms with E-state index in [2.05, 4.69) is 230 Å². The molecular weight excluding hydrogens is 761 g/mol. The number of hydrogen-bond acceptors (Lipinski definition) is 1. The van der Waals surface area contributed by atoms with Crippen molar-refractivity contribution in [3.05, 3.63) is 173 Å². The molecular formula is C59H56BN3. The second-order valence-corrected chi connectivity index (χ2v) is 22.3. The lowest BCUT2D eigenvalue weighted by Gasteiger charge is -2.43. The molecule has 9 aromatic rings. The van der Waals surface area contributed by atoms with Crippen LogP contribution in [0.2, 0.25) is 0 Å². The van der Waals surface area contributed by atoms with Crippen LogP contribution in [0.5, 0.6) is 0 Å². The van der Waals surface area contributed by atoms with Crippen LogP contribution in [0.25, 0.3) is 66.1 Å². The molecule has 63 heavy (non-hydrogen) atoms. The Bertz CT molecular complexity index is 3460. The predicted octanol–water partition coefficient (Wildman–Crippen LogP) is 14.9. The van der Waals surface area contributed by atoms with Gasteiger partial charge in [-0.15, -0.1) is 0 Å². The molecule has 4 heteroatoms. The summed E-state index contributed by atoms with van der Waals surface area (Å²) in [6.45, 7) is 26.1. The first kappa shape index (κ1) is 38.4. The van der Waals surface area contributed by atoms with Crippen molar-refractivity contribution in [3.63, 3.8) is 0 Å². The van der Waals surface area contributed by atoms with Crippen LogP contribution in [0.1, 0.15) is 104 Å². The SMILES string of the molecule is CC(C)(C)c1ccc(N2C3=C(B4c5c(cc(C(C)(C)C)cc52)-c2cccc5c6c7c8ccccc8n(-c8ccccc8)c7ccc6n4c25)C(C)(C)c2ccc(C(C)(C)C)cc23)cc1. The van der Waals surface area contributed by atoms with Gasteiger partial charge in [0.05, 0.1) is 11.0 Å². The molecule has 2 aliphatic heterocycles. The topological polar surface area (TPSA) is 13.1 Å². The van der Waals surface area contributed by atoms with Gasteiger partial charge < -0.3 is 13.9 Å². The number of hydrogen-bond donors (Lipinski definition) is 0. The average molecular weight is 818 g/mol. The number of nitrogens with zero attached hydrogens (tertiary/aromatic N) is 3. The van der Waals surface area contributed by atoms with E-state index < -0.39 is 0 Å². The van der Waals surface area contributed by atoms with Crippen molar-refractivity contribution in [1.29, 1.82) is 0 Å². The maximum absolute atomic E-state index is 2.78. The third-order valence-electron chi connectivity index (χ3n) is 15.0. The number of anilines is 2. The Kier molecular flexibility index (Phi) is 7.61. The molecule has 0 spiro atoms. The fourth-order valence-electron chi connectivity index (χ4n) is 11.7. The van der Waals surface area contributed by atoms with Crippen LogP contribution >= 0.6 is 0 Å². The molecule has 1 aliphatic carbocycles. The van der Waals surface area contributed by atoms with Gasteiger partial charge in [0.1, 0.15) is 0 Å². The molecule has 4 heterocycles. The van der Waals surface area contributed by atoms with E-state index in [1.807, 2.05) is 0 Å². The van der Waals surface area contributed by atoms with Gasteiger partial charge in [-0.25, -0.2) is 0 Å². The normalized spacial score (nSPS) is 15.5. The third kappa shape index (κ3) is 5.15. The van der Waals surface area contributed by atoms with Crippen molar-refractivity contribution in [2.45, 2.75) is 97.8 Å². The second kappa shape index (κ2) is 12.5. The average Bonchev–Trinajstić information content (AvgIpc) is 3.85. The first-order valence-corrected chi connectivity index (χ1v) is 23.0. The molecule has 3 nitrogen and oxygen atoms in total. The molecule has 2 aromatic heterocycles. The Labute approximate surface area is 372 Å². The molecule has 7 aromatic carbocycles. The zero-order valence-corrected chi connectivity index (χ0v) is 38.7. The van der Waals surface area contributed by atoms with Crippen molar-refractivity contribution in [2.75, 3.05) is 4.90 Å². The van der Waals surface area contributed by atoms with E-state index in [-0.39, 0.29) is 28.5 Å². The van der Waals surface area contributed by atoms with Crippen LogP contribution < -0.4 is 10.4 Å². The van der Waals surface area contributed by atoms with E-state index >= 15 is 0 Å². The Morgan fingerprint density at radius 3 is 1.81 bits per heavy atom. The van der Waals surface area contributed by atoms with E-state index in [9.17, 15) is 0 Å². The summed E-state index contributed by atoms with van der Waals surface area (Å²) in [4.78, 5) is 2.68. The van der Waals surface area contributed by atoms with E-state index in [1.165, 1.54) is 116 Å². The highest BCUT2D eigenvalue weighted by molar-refractivity contribution is 6.85. The quantitative estimate of drug-likeness (QED) is 0.158. The largest absolute Gasteiger partial charge is 0.376 e. The molecule has 0 amide bonds. The molecule has 12 rings (SSSR count). The Balaban J connectivity index is 1.26. The number of para-hydroxylation sites is 3. The minimum Gasteiger partial charge on any atom is -0.376 e. The highest BCUT2D eigenvalue weighted by Gasteiger charge is 2.53. The van der Waals surface area contributed by atoms with Gasteiger partial charge in [-0.05, 0) is 110 Å². The first-order valence-electron chi connectivity index (χ1n) is 23.0. The minimum atomic E-state index is -0.268. The van der Waals surface area contributed by atoms with E-state index in [4.69, 9.17) is 0 Å². The summed E-state index contributed by atoms with van der Waals surface area (Å²) in [7, 11) is 0. The lowest BCUT2D eigenvalue weighted by Crippen LogP contribution is -2.52. The van der Waals surface area contributed by atoms with Crippen LogP contribution in [0.3, 0.4) is 0 Å². The maximum Gasteiger partial charge on any atom is 0.329 e. The number of fused-ring (bicyclic) bond motifs is 12. The van der Waals surface area contributed by atoms with E-state index in [1.54, 1.807) is 0 Å². The van der Waals surface area contributed by atoms with Crippen molar-refractivity contribution in [3.8, 4) is 16.8 Å². The summed E-state index contributed by atoms with van der Waals surface area (Å²) in [6.07, 6.45) is 0. The molecule has 0 unspecified atom stereocenters. The molecule has 3 aliphatic rings. The van der Waals surface area contributed by atoms with Crippen LogP contribution in [0, 0.1) is 0 Å². The molecule has 0 atom stereocenters. The molecule has 0 N–H and O–H groups in total. The summed E-state index contributed by atoms with van der Waals surface area (Å²) >= 11 is 0. The molecule has 0 radical (unpaired) electrons. The van der Waals surface area contributed by atoms with Gasteiger partial charge in [0.15, 0.2) is 0 Å². The van der Waals surface area contributed by atoms with Crippen molar-refractivity contribution in [1.82, 2.24) is 9.05 Å². The van der Waals surface area contributed by atoms with Gasteiger partial charge in [0, 0.05) is 71.9 Å². The molecule has 0 saturated carbocycles. The van der Waals surface area contributed by atoms with Crippen molar-refractivity contribution < 1.29 is 0 Å². The summed E-state index contributed by atoms with van der Waals surface area (Å²) in [5.74, 6) is 0. The standard InChI is InChI=1S/C59H56BN3/c1-56(2,3)35-24-27-39(28-25-35)62-49-34-37(58(7,8)9)33-43-40-21-17-22-42-51-48(31-30-47-50(51)41-20-15-16-23-46(41)61(47)38-18-13-12-14-19-38)63(53(40)42)60(52(43)49)55-54(62)44-32-36(57(4,5)6)26-29-45(44)59(55,10)11/h12-34H,1-11H3. The van der Waals surface area contributed by atoms with Gasteiger partial charge in [0.25, 0.3) is 0 Å². The zero-order chi connectivity index (χ0) is 43.7. The lowest BCUT2D eigenvalue weighted by atomic mass is 9.40. The van der Waals surface area contributed by atoms with E-state index in [0.29, 0.717) is 0 Å². The maximum atomic E-state index is 2.78. The number of benzene rings is 7. The van der Waals surface area contributed by atoms with Gasteiger partial charge in [-0.2, -0.15) is 0 Å². The van der Waals surface area contributed by atoms with E-state index in [0.717, 1.165) is 0 Å². The minimum absolute atomic E-state index is 0.00229. The third-order valence-corrected chi connectivity index (χ3v) is 15.0. The molecule has 0 fully saturated rings. The van der Waals surface area contributed by atoms with Gasteiger partial charge in [-0.1, -0.05) is 161 Å². The number of allylic oxidation sites excluding steroid dienone is 1. The smallest absolute Gasteiger partial charge is 0.329 e. The van der Waals surface area contributed by atoms with Crippen LogP contribution in [0.4, 0.5) is 11.4 Å². The molecule has 0 saturated heterocycles. The van der Waals surface area contributed by atoms with Crippen LogP contribution in [0.15, 0.2) is 145 Å². The van der Waals surface area contributed by atoms with Gasteiger partial charge >= 0.3 is 6.85 Å². The number of rotatable bonds is 2. The molecule has 0 bridgehead atoms. The summed E-state index contributed by atoms with van der Waals surface area (Å²) in [6, 6.07) is 53.9. The highest BCUT2D eigenvalue weighted by atomic mass is 15.2. The van der Waals surface area contributed by atoms with Crippen LogP contribution in [-0.2, 0) is 21.7 Å². The fourth-order valence-corrected chi connectivity index (χ4v) is 11.7. The van der Waals surface area contributed by atoms with Crippen molar-refractivity contribution >= 4 is 73.0 Å². The highest BCUT2D eigenvalue weighted by Crippen LogP contribution is 2.58. The fraction of sp³-hybridized carbons (Fsp3) is 0.254. The summed E-state index contributed by atoms with van der Waals surface area (Å²) < 4.78 is 5.25. The van der Waals surface area contributed by atoms with Gasteiger partial charge in [0.2, 0.25) is 0 Å². The second-order valence-electron chi connectivity index (χ2n) is 22.3. The monoisotopic (exact) mass is 817 g/mol. The Morgan fingerprint density at radius 1 is 0.476 bits per heavy atom. The zero-order valence-electron chi connectivity index (χ0n) is 38.7. The Morgan fingerprint density at radius 2 is 1.10 bits per heavy atom. The van der Waals surface area contributed by atoms with Crippen molar-refractivity contribution in [2.24, 2.45) is 0 Å². The summed E-state index contributed by atoms with van der Waals surface area (Å²) in [5, 5.41) is 5.27. The lowest BCUT2D eigenvalue weighted by molar-refractivity contribution is 0.588. The number of aromatic nitrogens is 2. The first-order chi connectivity index (χ1) is 29.9. The molecule has 310 valence electrons. The predicted molar refractivity (Wildman–Crippen MR) is 271 cm³/mol. The van der Waals surface area contributed by atoms with Crippen LogP contribution in [-0.4, -0.2) is 15.9 Å². The Hall–Kier alpha value is -6.26. The summed E-state index contributed by atoms with van der Waals surface area (Å²) in [5.41, 5.74) is 22.2. The van der Waals surface area contributed by atoms with Gasteiger partial charge in [-0.3, -0.25) is 0 Å².